The molecule has 0 unspecified atom stereocenters. The maximum Gasteiger partial charge on any atom is 0.197 e. The molecule has 0 aromatic carbocycles. The van der Waals surface area contributed by atoms with Crippen molar-refractivity contribution in [2.24, 2.45) is 4.99 Å². The molecule has 5 rings (SSSR count). The Balaban J connectivity index is 1.31. The molecular formula is C22H26N8S. The molecule has 0 aliphatic carbocycles. The van der Waals surface area contributed by atoms with Gasteiger partial charge < -0.3 is 15.5 Å². The summed E-state index contributed by atoms with van der Waals surface area (Å²) in [6.07, 6.45) is 5.98. The molecule has 3 aromatic rings. The average Bonchev–Trinajstić information content (AvgIpc) is 3.28. The van der Waals surface area contributed by atoms with Crippen molar-refractivity contribution in [1.82, 2.24) is 25.3 Å². The quantitative estimate of drug-likeness (QED) is 0.637. The number of aliphatic imine (C=N–C) groups is 1. The summed E-state index contributed by atoms with van der Waals surface area (Å²) in [4.78, 5) is 25.6. The molecule has 0 bridgehead atoms. The van der Waals surface area contributed by atoms with E-state index < -0.39 is 0 Å². The van der Waals surface area contributed by atoms with Crippen molar-refractivity contribution >= 4 is 28.2 Å². The number of guanidine groups is 1. The number of pyridine rings is 1. The van der Waals surface area contributed by atoms with E-state index in [2.05, 4.69) is 38.5 Å². The van der Waals surface area contributed by atoms with Gasteiger partial charge in [0.25, 0.3) is 0 Å². The van der Waals surface area contributed by atoms with Crippen LogP contribution in [-0.2, 0) is 19.4 Å². The number of fused-ring (bicyclic) bond motifs is 1. The Hall–Kier alpha value is -3.07. The molecule has 9 heteroatoms. The van der Waals surface area contributed by atoms with E-state index in [0.717, 1.165) is 86.0 Å². The summed E-state index contributed by atoms with van der Waals surface area (Å²) in [5, 5.41) is 9.38. The third kappa shape index (κ3) is 4.51. The summed E-state index contributed by atoms with van der Waals surface area (Å²) in [6, 6.07) is 6.12. The SMILES string of the molecule is CCCc1ncc2c(n1)CCN(c1cccc(-c3csc(NC4=NCCCN4)n3)n1)C2. The van der Waals surface area contributed by atoms with E-state index in [1.807, 2.05) is 23.7 Å². The van der Waals surface area contributed by atoms with Crippen LogP contribution in [0.1, 0.15) is 36.8 Å². The van der Waals surface area contributed by atoms with Crippen LogP contribution in [0.15, 0.2) is 34.8 Å². The maximum absolute atomic E-state index is 4.90. The number of hydrogen-bond donors (Lipinski definition) is 2. The van der Waals surface area contributed by atoms with E-state index in [1.165, 1.54) is 11.3 Å². The molecule has 3 aromatic heterocycles. The highest BCUT2D eigenvalue weighted by molar-refractivity contribution is 7.14. The molecule has 2 aliphatic rings. The first-order chi connectivity index (χ1) is 15.3. The van der Waals surface area contributed by atoms with E-state index in [9.17, 15) is 0 Å². The predicted octanol–water partition coefficient (Wildman–Crippen LogP) is 3.27. The zero-order chi connectivity index (χ0) is 21.0. The van der Waals surface area contributed by atoms with Crippen LogP contribution < -0.4 is 15.5 Å². The van der Waals surface area contributed by atoms with Gasteiger partial charge in [-0.15, -0.1) is 11.3 Å². The standard InChI is InChI=1S/C22H26N8S/c1-2-5-19-25-12-15-13-30(11-8-16(15)26-19)20-7-3-6-17(27-20)18-14-31-22(28-18)29-21-23-9-4-10-24-21/h3,6-7,12,14H,2,4-5,8-11,13H2,1H3,(H2,23,24,28,29). The molecule has 5 heterocycles. The summed E-state index contributed by atoms with van der Waals surface area (Å²) < 4.78 is 0. The zero-order valence-electron chi connectivity index (χ0n) is 17.6. The molecule has 0 fully saturated rings. The van der Waals surface area contributed by atoms with E-state index >= 15 is 0 Å². The van der Waals surface area contributed by atoms with Gasteiger partial charge in [-0.3, -0.25) is 4.99 Å². The van der Waals surface area contributed by atoms with Crippen molar-refractivity contribution in [3.63, 3.8) is 0 Å². The summed E-state index contributed by atoms with van der Waals surface area (Å²) >= 11 is 1.56. The van der Waals surface area contributed by atoms with Crippen molar-refractivity contribution in [2.75, 3.05) is 29.9 Å². The van der Waals surface area contributed by atoms with Gasteiger partial charge in [0.2, 0.25) is 0 Å². The topological polar surface area (TPSA) is 91.2 Å². The monoisotopic (exact) mass is 434 g/mol. The van der Waals surface area contributed by atoms with E-state index in [0.29, 0.717) is 0 Å². The number of thiazole rings is 1. The smallest absolute Gasteiger partial charge is 0.197 e. The zero-order valence-corrected chi connectivity index (χ0v) is 18.5. The predicted molar refractivity (Wildman–Crippen MR) is 125 cm³/mol. The van der Waals surface area contributed by atoms with Crippen molar-refractivity contribution in [3.8, 4) is 11.4 Å². The van der Waals surface area contributed by atoms with Crippen LogP contribution in [-0.4, -0.2) is 45.5 Å². The number of aromatic nitrogens is 4. The lowest BCUT2D eigenvalue weighted by molar-refractivity contribution is 0.682. The van der Waals surface area contributed by atoms with E-state index in [-0.39, 0.29) is 0 Å². The normalized spacial score (nSPS) is 15.8. The number of nitrogens with zero attached hydrogens (tertiary/aromatic N) is 6. The molecule has 0 radical (unpaired) electrons. The highest BCUT2D eigenvalue weighted by Crippen LogP contribution is 2.27. The lowest BCUT2D eigenvalue weighted by Crippen LogP contribution is -2.35. The number of nitrogens with one attached hydrogen (secondary N) is 2. The number of aryl methyl sites for hydroxylation is 1. The van der Waals surface area contributed by atoms with Gasteiger partial charge in [0.1, 0.15) is 17.3 Å². The van der Waals surface area contributed by atoms with Gasteiger partial charge in [-0.05, 0) is 25.0 Å². The van der Waals surface area contributed by atoms with Crippen LogP contribution in [0.4, 0.5) is 10.9 Å². The van der Waals surface area contributed by atoms with Gasteiger partial charge in [-0.25, -0.2) is 19.9 Å². The molecule has 0 amide bonds. The molecule has 0 spiro atoms. The molecule has 0 saturated carbocycles. The molecule has 2 aliphatic heterocycles. The van der Waals surface area contributed by atoms with Gasteiger partial charge in [0.05, 0.1) is 11.4 Å². The largest absolute Gasteiger partial charge is 0.356 e. The van der Waals surface area contributed by atoms with E-state index in [1.54, 1.807) is 11.3 Å². The van der Waals surface area contributed by atoms with Crippen molar-refractivity contribution in [1.29, 1.82) is 0 Å². The first-order valence-electron chi connectivity index (χ1n) is 10.9. The van der Waals surface area contributed by atoms with Gasteiger partial charge in [0.15, 0.2) is 11.1 Å². The Kier molecular flexibility index (Phi) is 5.75. The van der Waals surface area contributed by atoms with Crippen molar-refractivity contribution < 1.29 is 0 Å². The minimum Gasteiger partial charge on any atom is -0.356 e. The Labute approximate surface area is 185 Å². The first-order valence-corrected chi connectivity index (χ1v) is 11.7. The second kappa shape index (κ2) is 8.97. The van der Waals surface area contributed by atoms with Crippen LogP contribution in [0.2, 0.25) is 0 Å². The van der Waals surface area contributed by atoms with Crippen molar-refractivity contribution in [3.05, 3.63) is 46.9 Å². The van der Waals surface area contributed by atoms with Crippen LogP contribution in [0.3, 0.4) is 0 Å². The highest BCUT2D eigenvalue weighted by Gasteiger charge is 2.20. The molecule has 8 nitrogen and oxygen atoms in total. The van der Waals surface area contributed by atoms with Gasteiger partial charge in [-0.1, -0.05) is 13.0 Å². The molecule has 31 heavy (non-hydrogen) atoms. The Morgan fingerprint density at radius 3 is 3.03 bits per heavy atom. The molecule has 0 saturated heterocycles. The van der Waals surface area contributed by atoms with Gasteiger partial charge in [0, 0.05) is 56.2 Å². The third-order valence-corrected chi connectivity index (χ3v) is 6.16. The minimum absolute atomic E-state index is 0.785. The minimum atomic E-state index is 0.785. The first kappa shape index (κ1) is 19.9. The van der Waals surface area contributed by atoms with Gasteiger partial charge in [-0.2, -0.15) is 0 Å². The maximum atomic E-state index is 4.90. The molecule has 160 valence electrons. The fourth-order valence-electron chi connectivity index (χ4n) is 3.81. The summed E-state index contributed by atoms with van der Waals surface area (Å²) in [5.41, 5.74) is 4.12. The second-order valence-electron chi connectivity index (χ2n) is 7.73. The summed E-state index contributed by atoms with van der Waals surface area (Å²) in [5.74, 6) is 2.71. The van der Waals surface area contributed by atoms with E-state index in [4.69, 9.17) is 15.0 Å². The fraction of sp³-hybridized carbons (Fsp3) is 0.409. The summed E-state index contributed by atoms with van der Waals surface area (Å²) in [7, 11) is 0. The molecular weight excluding hydrogens is 408 g/mol. The Morgan fingerprint density at radius 2 is 2.16 bits per heavy atom. The number of hydrogen-bond acceptors (Lipinski definition) is 9. The third-order valence-electron chi connectivity index (χ3n) is 5.41. The lowest BCUT2D eigenvalue weighted by atomic mass is 10.1. The number of rotatable bonds is 5. The number of anilines is 2. The van der Waals surface area contributed by atoms with Crippen molar-refractivity contribution in [2.45, 2.75) is 39.2 Å². The van der Waals surface area contributed by atoms with Crippen LogP contribution >= 0.6 is 11.3 Å². The Bertz CT molecular complexity index is 1090. The molecule has 2 N–H and O–H groups in total. The molecule has 0 atom stereocenters. The average molecular weight is 435 g/mol. The fourth-order valence-corrected chi connectivity index (χ4v) is 4.51. The lowest BCUT2D eigenvalue weighted by Gasteiger charge is -2.29. The second-order valence-corrected chi connectivity index (χ2v) is 8.59. The van der Waals surface area contributed by atoms with Crippen LogP contribution in [0.5, 0.6) is 0 Å². The summed E-state index contributed by atoms with van der Waals surface area (Å²) in [6.45, 7) is 5.64. The van der Waals surface area contributed by atoms with Crippen LogP contribution in [0.25, 0.3) is 11.4 Å². The van der Waals surface area contributed by atoms with Crippen LogP contribution in [0, 0.1) is 0 Å². The van der Waals surface area contributed by atoms with Gasteiger partial charge >= 0.3 is 0 Å². The highest BCUT2D eigenvalue weighted by atomic mass is 32.1. The Morgan fingerprint density at radius 1 is 1.19 bits per heavy atom.